The van der Waals surface area contributed by atoms with E-state index in [1.165, 1.54) is 11.0 Å². The molecule has 0 unspecified atom stereocenters. The summed E-state index contributed by atoms with van der Waals surface area (Å²) in [5, 5.41) is 2.69. The maximum absolute atomic E-state index is 12.2. The number of nitrogens with zero attached hydrogens (tertiary/aromatic N) is 1. The molecule has 120 valence electrons. The van der Waals surface area contributed by atoms with Gasteiger partial charge in [-0.3, -0.25) is 9.59 Å². The Bertz CT molecular complexity index is 553. The zero-order valence-electron chi connectivity index (χ0n) is 13.7. The fourth-order valence-corrected chi connectivity index (χ4v) is 2.02. The van der Waals surface area contributed by atoms with Crippen LogP contribution in [0.3, 0.4) is 0 Å². The van der Waals surface area contributed by atoms with Gasteiger partial charge in [0.05, 0.1) is 13.7 Å². The largest absolute Gasteiger partial charge is 0.496 e. The van der Waals surface area contributed by atoms with Crippen molar-refractivity contribution in [2.75, 3.05) is 26.7 Å². The Morgan fingerprint density at radius 3 is 2.64 bits per heavy atom. The molecule has 0 aliphatic rings. The standard InChI is InChI=1S/C17H24N2O3/c1-5-18-16(20)12-19(6-2)17(21)10-8-14-11-13(3)7-9-15(14)22-4/h7-11H,5-6,12H2,1-4H3,(H,18,20)/b10-8+. The smallest absolute Gasteiger partial charge is 0.247 e. The molecule has 0 saturated heterocycles. The number of aryl methyl sites for hydroxylation is 1. The van der Waals surface area contributed by atoms with Gasteiger partial charge >= 0.3 is 0 Å². The Morgan fingerprint density at radius 2 is 2.05 bits per heavy atom. The number of carbonyl (C=O) groups excluding carboxylic acids is 2. The van der Waals surface area contributed by atoms with Crippen molar-refractivity contribution in [2.45, 2.75) is 20.8 Å². The first-order chi connectivity index (χ1) is 10.5. The third-order valence-corrected chi connectivity index (χ3v) is 3.19. The Kier molecular flexibility index (Phi) is 7.16. The van der Waals surface area contributed by atoms with Crippen molar-refractivity contribution in [1.29, 1.82) is 0 Å². The number of nitrogens with one attached hydrogen (secondary N) is 1. The molecule has 5 nitrogen and oxygen atoms in total. The monoisotopic (exact) mass is 304 g/mol. The van der Waals surface area contributed by atoms with Crippen LogP contribution in [-0.4, -0.2) is 43.5 Å². The van der Waals surface area contributed by atoms with E-state index in [1.54, 1.807) is 13.2 Å². The highest BCUT2D eigenvalue weighted by molar-refractivity contribution is 5.94. The predicted octanol–water partition coefficient (Wildman–Crippen LogP) is 2.00. The minimum Gasteiger partial charge on any atom is -0.496 e. The molecular weight excluding hydrogens is 280 g/mol. The molecule has 0 bridgehead atoms. The van der Waals surface area contributed by atoms with Crippen LogP contribution in [0.1, 0.15) is 25.0 Å². The summed E-state index contributed by atoms with van der Waals surface area (Å²) in [4.78, 5) is 25.3. The van der Waals surface area contributed by atoms with Gasteiger partial charge in [0.1, 0.15) is 5.75 Å². The molecule has 1 aromatic carbocycles. The molecule has 2 amide bonds. The Labute approximate surface area is 132 Å². The van der Waals surface area contributed by atoms with Gasteiger partial charge < -0.3 is 15.0 Å². The summed E-state index contributed by atoms with van der Waals surface area (Å²) in [7, 11) is 1.59. The molecule has 0 saturated carbocycles. The second-order valence-corrected chi connectivity index (χ2v) is 4.88. The summed E-state index contributed by atoms with van der Waals surface area (Å²) < 4.78 is 5.28. The number of hydrogen-bond acceptors (Lipinski definition) is 3. The molecule has 0 spiro atoms. The summed E-state index contributed by atoms with van der Waals surface area (Å²) in [6.45, 7) is 6.77. The van der Waals surface area contributed by atoms with Crippen LogP contribution in [0.4, 0.5) is 0 Å². The normalized spacial score (nSPS) is 10.5. The van der Waals surface area contributed by atoms with Crippen LogP contribution in [0.2, 0.25) is 0 Å². The lowest BCUT2D eigenvalue weighted by Gasteiger charge is -2.18. The zero-order valence-corrected chi connectivity index (χ0v) is 13.7. The molecule has 0 atom stereocenters. The van der Waals surface area contributed by atoms with Gasteiger partial charge in [-0.05, 0) is 39.0 Å². The molecular formula is C17H24N2O3. The van der Waals surface area contributed by atoms with Crippen LogP contribution in [0.25, 0.3) is 6.08 Å². The summed E-state index contributed by atoms with van der Waals surface area (Å²) >= 11 is 0. The third kappa shape index (κ3) is 5.24. The fourth-order valence-electron chi connectivity index (χ4n) is 2.02. The molecule has 0 heterocycles. The van der Waals surface area contributed by atoms with Crippen molar-refractivity contribution in [1.82, 2.24) is 10.2 Å². The van der Waals surface area contributed by atoms with Gasteiger partial charge in [0.15, 0.2) is 0 Å². The molecule has 0 aromatic heterocycles. The lowest BCUT2D eigenvalue weighted by Crippen LogP contribution is -2.39. The van der Waals surface area contributed by atoms with Crippen molar-refractivity contribution in [3.8, 4) is 5.75 Å². The van der Waals surface area contributed by atoms with E-state index in [4.69, 9.17) is 4.74 Å². The van der Waals surface area contributed by atoms with Crippen molar-refractivity contribution in [2.24, 2.45) is 0 Å². The lowest BCUT2D eigenvalue weighted by atomic mass is 10.1. The highest BCUT2D eigenvalue weighted by Gasteiger charge is 2.12. The minimum absolute atomic E-state index is 0.0679. The number of rotatable bonds is 7. The van der Waals surface area contributed by atoms with E-state index in [9.17, 15) is 9.59 Å². The van der Waals surface area contributed by atoms with Crippen LogP contribution in [-0.2, 0) is 9.59 Å². The molecule has 1 rings (SSSR count). The minimum atomic E-state index is -0.197. The van der Waals surface area contributed by atoms with Crippen LogP contribution >= 0.6 is 0 Å². The molecule has 0 fully saturated rings. The van der Waals surface area contributed by atoms with E-state index in [0.717, 1.165) is 11.1 Å². The topological polar surface area (TPSA) is 58.6 Å². The van der Waals surface area contributed by atoms with Gasteiger partial charge in [-0.15, -0.1) is 0 Å². The molecule has 5 heteroatoms. The quantitative estimate of drug-likeness (QED) is 0.784. The first-order valence-electron chi connectivity index (χ1n) is 7.40. The highest BCUT2D eigenvalue weighted by Crippen LogP contribution is 2.21. The molecule has 0 aliphatic heterocycles. The van der Waals surface area contributed by atoms with Gasteiger partial charge in [0.2, 0.25) is 11.8 Å². The number of methoxy groups -OCH3 is 1. The molecule has 0 radical (unpaired) electrons. The van der Waals surface area contributed by atoms with Crippen molar-refractivity contribution in [3.63, 3.8) is 0 Å². The second-order valence-electron chi connectivity index (χ2n) is 4.88. The summed E-state index contributed by atoms with van der Waals surface area (Å²) in [6, 6.07) is 5.76. The van der Waals surface area contributed by atoms with E-state index in [1.807, 2.05) is 39.0 Å². The molecule has 1 aromatic rings. The number of benzene rings is 1. The third-order valence-electron chi connectivity index (χ3n) is 3.19. The lowest BCUT2D eigenvalue weighted by molar-refractivity contribution is -0.132. The maximum Gasteiger partial charge on any atom is 0.247 e. The molecule has 1 N–H and O–H groups in total. The zero-order chi connectivity index (χ0) is 16.5. The first kappa shape index (κ1) is 17.8. The summed E-state index contributed by atoms with van der Waals surface area (Å²) in [5.41, 5.74) is 1.92. The van der Waals surface area contributed by atoms with Crippen LogP contribution in [0, 0.1) is 6.92 Å². The van der Waals surface area contributed by atoms with E-state index in [2.05, 4.69) is 5.32 Å². The maximum atomic E-state index is 12.2. The molecule has 0 aliphatic carbocycles. The second kappa shape index (κ2) is 8.87. The fraction of sp³-hybridized carbons (Fsp3) is 0.412. The number of likely N-dealkylation sites (N-methyl/N-ethyl adjacent to an activating group) is 2. The van der Waals surface area contributed by atoms with Gasteiger partial charge in [-0.25, -0.2) is 0 Å². The van der Waals surface area contributed by atoms with Crippen molar-refractivity contribution < 1.29 is 14.3 Å². The van der Waals surface area contributed by atoms with Gasteiger partial charge in [0.25, 0.3) is 0 Å². The van der Waals surface area contributed by atoms with Gasteiger partial charge in [-0.1, -0.05) is 11.6 Å². The highest BCUT2D eigenvalue weighted by atomic mass is 16.5. The van der Waals surface area contributed by atoms with Crippen LogP contribution < -0.4 is 10.1 Å². The van der Waals surface area contributed by atoms with Crippen molar-refractivity contribution in [3.05, 3.63) is 35.4 Å². The average molecular weight is 304 g/mol. The van der Waals surface area contributed by atoms with E-state index in [-0.39, 0.29) is 18.4 Å². The summed E-state index contributed by atoms with van der Waals surface area (Å²) in [5.74, 6) is 0.359. The van der Waals surface area contributed by atoms with Gasteiger partial charge in [0, 0.05) is 24.7 Å². The van der Waals surface area contributed by atoms with Gasteiger partial charge in [-0.2, -0.15) is 0 Å². The Hall–Kier alpha value is -2.30. The summed E-state index contributed by atoms with van der Waals surface area (Å²) in [6.07, 6.45) is 3.19. The first-order valence-corrected chi connectivity index (χ1v) is 7.40. The van der Waals surface area contributed by atoms with Crippen LogP contribution in [0.15, 0.2) is 24.3 Å². The Balaban J connectivity index is 2.81. The van der Waals surface area contributed by atoms with Crippen LogP contribution in [0.5, 0.6) is 5.75 Å². The average Bonchev–Trinajstić information content (AvgIpc) is 2.50. The Morgan fingerprint density at radius 1 is 1.32 bits per heavy atom. The number of ether oxygens (including phenoxy) is 1. The number of hydrogen-bond donors (Lipinski definition) is 1. The van der Waals surface area contributed by atoms with E-state index < -0.39 is 0 Å². The molecule has 22 heavy (non-hydrogen) atoms. The van der Waals surface area contributed by atoms with E-state index in [0.29, 0.717) is 18.8 Å². The predicted molar refractivity (Wildman–Crippen MR) is 87.7 cm³/mol. The van der Waals surface area contributed by atoms with E-state index >= 15 is 0 Å². The SMILES string of the molecule is CCNC(=O)CN(CC)C(=O)/C=C/c1cc(C)ccc1OC. The number of carbonyl (C=O) groups is 2. The van der Waals surface area contributed by atoms with Crippen molar-refractivity contribution >= 4 is 17.9 Å². The number of amides is 2.